The van der Waals surface area contributed by atoms with Crippen molar-refractivity contribution in [3.8, 4) is 11.8 Å². The van der Waals surface area contributed by atoms with E-state index in [1.165, 1.54) is 12.8 Å². The molecule has 1 fully saturated rings. The fourth-order valence-corrected chi connectivity index (χ4v) is 1.53. The van der Waals surface area contributed by atoms with Crippen molar-refractivity contribution in [2.75, 3.05) is 6.54 Å². The van der Waals surface area contributed by atoms with Crippen LogP contribution in [0, 0.1) is 23.2 Å². The lowest BCUT2D eigenvalue weighted by Gasteiger charge is -2.24. The standard InChI is InChI=1S/C13H23N/c1-12(2,3)9-6-10-14-13(4,5)11-7-8-11/h11,14H,7-8,10H2,1-5H3. The van der Waals surface area contributed by atoms with Gasteiger partial charge < -0.3 is 5.32 Å². The Labute approximate surface area is 88.7 Å². The van der Waals surface area contributed by atoms with Gasteiger partial charge in [0.1, 0.15) is 0 Å². The van der Waals surface area contributed by atoms with E-state index in [0.29, 0.717) is 0 Å². The van der Waals surface area contributed by atoms with Crippen LogP contribution in [0.3, 0.4) is 0 Å². The summed E-state index contributed by atoms with van der Waals surface area (Å²) in [7, 11) is 0. The maximum atomic E-state index is 3.52. The zero-order valence-electron chi connectivity index (χ0n) is 10.2. The maximum absolute atomic E-state index is 3.52. The summed E-state index contributed by atoms with van der Waals surface area (Å²) in [6, 6.07) is 0. The van der Waals surface area contributed by atoms with E-state index < -0.39 is 0 Å². The van der Waals surface area contributed by atoms with E-state index in [4.69, 9.17) is 0 Å². The molecule has 0 amide bonds. The van der Waals surface area contributed by atoms with Gasteiger partial charge in [0.25, 0.3) is 0 Å². The SMILES string of the molecule is CC(C)(C)C#CCNC(C)(C)C1CC1. The first-order valence-electron chi connectivity index (χ1n) is 5.56. The molecule has 1 rings (SSSR count). The smallest absolute Gasteiger partial charge is 0.0580 e. The Morgan fingerprint density at radius 3 is 2.14 bits per heavy atom. The van der Waals surface area contributed by atoms with E-state index >= 15 is 0 Å². The summed E-state index contributed by atoms with van der Waals surface area (Å²) >= 11 is 0. The van der Waals surface area contributed by atoms with Crippen LogP contribution >= 0.6 is 0 Å². The second kappa shape index (κ2) is 3.95. The number of hydrogen-bond donors (Lipinski definition) is 1. The minimum atomic E-state index is 0.130. The quantitative estimate of drug-likeness (QED) is 0.680. The molecule has 1 aliphatic rings. The number of hydrogen-bond acceptors (Lipinski definition) is 1. The Kier molecular flexibility index (Phi) is 3.27. The molecule has 0 radical (unpaired) electrons. The third-order valence-electron chi connectivity index (χ3n) is 2.69. The van der Waals surface area contributed by atoms with Crippen LogP contribution < -0.4 is 5.32 Å². The molecule has 0 unspecified atom stereocenters. The lowest BCUT2D eigenvalue weighted by molar-refractivity contribution is 0.359. The van der Waals surface area contributed by atoms with E-state index in [-0.39, 0.29) is 11.0 Å². The summed E-state index contributed by atoms with van der Waals surface area (Å²) in [6.45, 7) is 11.8. The van der Waals surface area contributed by atoms with Gasteiger partial charge in [0.05, 0.1) is 6.54 Å². The van der Waals surface area contributed by atoms with Crippen molar-refractivity contribution in [2.24, 2.45) is 11.3 Å². The molecule has 1 N–H and O–H groups in total. The van der Waals surface area contributed by atoms with Crippen LogP contribution in [-0.4, -0.2) is 12.1 Å². The Balaban J connectivity index is 2.29. The minimum Gasteiger partial charge on any atom is -0.301 e. The Morgan fingerprint density at radius 2 is 1.71 bits per heavy atom. The average Bonchev–Trinajstić information content (AvgIpc) is 2.78. The molecule has 0 aliphatic heterocycles. The van der Waals surface area contributed by atoms with Gasteiger partial charge >= 0.3 is 0 Å². The van der Waals surface area contributed by atoms with Gasteiger partial charge in [0, 0.05) is 11.0 Å². The molecule has 0 bridgehead atoms. The van der Waals surface area contributed by atoms with Crippen molar-refractivity contribution in [2.45, 2.75) is 53.0 Å². The highest BCUT2D eigenvalue weighted by Gasteiger charge is 2.36. The second-order valence-corrected chi connectivity index (χ2v) is 5.90. The van der Waals surface area contributed by atoms with Crippen molar-refractivity contribution in [3.05, 3.63) is 0 Å². The molecule has 1 heteroatoms. The molecular formula is C13H23N. The first kappa shape index (κ1) is 11.6. The highest BCUT2D eigenvalue weighted by molar-refractivity contribution is 5.09. The third kappa shape index (κ3) is 4.15. The highest BCUT2D eigenvalue weighted by atomic mass is 15.0. The molecule has 0 atom stereocenters. The van der Waals surface area contributed by atoms with Crippen LogP contribution in [-0.2, 0) is 0 Å². The normalized spacial score (nSPS) is 17.5. The molecule has 80 valence electrons. The molecule has 0 heterocycles. The molecule has 14 heavy (non-hydrogen) atoms. The van der Waals surface area contributed by atoms with Gasteiger partial charge in [-0.05, 0) is 53.4 Å². The van der Waals surface area contributed by atoms with Crippen molar-refractivity contribution < 1.29 is 0 Å². The van der Waals surface area contributed by atoms with Crippen molar-refractivity contribution in [1.29, 1.82) is 0 Å². The van der Waals surface area contributed by atoms with Gasteiger partial charge in [-0.3, -0.25) is 0 Å². The molecule has 0 aromatic carbocycles. The molecule has 1 nitrogen and oxygen atoms in total. The second-order valence-electron chi connectivity index (χ2n) is 5.90. The van der Waals surface area contributed by atoms with Crippen LogP contribution in [0.4, 0.5) is 0 Å². The predicted molar refractivity (Wildman–Crippen MR) is 62.0 cm³/mol. The Morgan fingerprint density at radius 1 is 1.14 bits per heavy atom. The first-order valence-corrected chi connectivity index (χ1v) is 5.56. The molecule has 0 spiro atoms. The van der Waals surface area contributed by atoms with E-state index in [0.717, 1.165) is 12.5 Å². The van der Waals surface area contributed by atoms with Crippen LogP contribution in [0.25, 0.3) is 0 Å². The average molecular weight is 193 g/mol. The first-order chi connectivity index (χ1) is 6.31. The summed E-state index contributed by atoms with van der Waals surface area (Å²) in [5.41, 5.74) is 0.415. The number of nitrogens with one attached hydrogen (secondary N) is 1. The summed E-state index contributed by atoms with van der Waals surface area (Å²) in [5.74, 6) is 7.32. The summed E-state index contributed by atoms with van der Waals surface area (Å²) in [4.78, 5) is 0. The van der Waals surface area contributed by atoms with Crippen molar-refractivity contribution in [1.82, 2.24) is 5.32 Å². The van der Waals surface area contributed by atoms with Crippen LogP contribution in [0.15, 0.2) is 0 Å². The zero-order valence-corrected chi connectivity index (χ0v) is 10.2. The van der Waals surface area contributed by atoms with E-state index in [1.54, 1.807) is 0 Å². The lowest BCUT2D eigenvalue weighted by atomic mass is 9.97. The van der Waals surface area contributed by atoms with E-state index in [2.05, 4.69) is 51.8 Å². The fourth-order valence-electron chi connectivity index (χ4n) is 1.53. The Bertz CT molecular complexity index is 243. The van der Waals surface area contributed by atoms with Gasteiger partial charge in [-0.25, -0.2) is 0 Å². The molecule has 1 aliphatic carbocycles. The van der Waals surface area contributed by atoms with Gasteiger partial charge in [-0.2, -0.15) is 0 Å². The summed E-state index contributed by atoms with van der Waals surface area (Å²) in [6.07, 6.45) is 2.76. The number of rotatable bonds is 3. The zero-order chi connectivity index (χ0) is 10.8. The summed E-state index contributed by atoms with van der Waals surface area (Å²) < 4.78 is 0. The van der Waals surface area contributed by atoms with Crippen LogP contribution in [0.5, 0.6) is 0 Å². The minimum absolute atomic E-state index is 0.130. The van der Waals surface area contributed by atoms with Crippen molar-refractivity contribution in [3.63, 3.8) is 0 Å². The lowest BCUT2D eigenvalue weighted by Crippen LogP contribution is -2.41. The molecule has 1 saturated carbocycles. The maximum Gasteiger partial charge on any atom is 0.0580 e. The largest absolute Gasteiger partial charge is 0.301 e. The summed E-state index contributed by atoms with van der Waals surface area (Å²) in [5, 5.41) is 3.52. The van der Waals surface area contributed by atoms with E-state index in [9.17, 15) is 0 Å². The molecular weight excluding hydrogens is 170 g/mol. The highest BCUT2D eigenvalue weighted by Crippen LogP contribution is 2.38. The van der Waals surface area contributed by atoms with Gasteiger partial charge in [0.2, 0.25) is 0 Å². The Hall–Kier alpha value is -0.480. The molecule has 0 aromatic rings. The van der Waals surface area contributed by atoms with Crippen LogP contribution in [0.2, 0.25) is 0 Å². The monoisotopic (exact) mass is 193 g/mol. The molecule has 0 saturated heterocycles. The van der Waals surface area contributed by atoms with E-state index in [1.807, 2.05) is 0 Å². The van der Waals surface area contributed by atoms with Crippen molar-refractivity contribution >= 4 is 0 Å². The van der Waals surface area contributed by atoms with Gasteiger partial charge in [0.15, 0.2) is 0 Å². The van der Waals surface area contributed by atoms with Crippen LogP contribution in [0.1, 0.15) is 47.5 Å². The fraction of sp³-hybridized carbons (Fsp3) is 0.846. The topological polar surface area (TPSA) is 12.0 Å². The van der Waals surface area contributed by atoms with Gasteiger partial charge in [-0.1, -0.05) is 11.8 Å². The predicted octanol–water partition coefficient (Wildman–Crippen LogP) is 2.81. The molecule has 0 aromatic heterocycles. The third-order valence-corrected chi connectivity index (χ3v) is 2.69. The van der Waals surface area contributed by atoms with Gasteiger partial charge in [-0.15, -0.1) is 0 Å².